The van der Waals surface area contributed by atoms with Gasteiger partial charge in [-0.2, -0.15) is 4.68 Å². The SMILES string of the molecule is CC(C)(C)OC(=O)NCC1CCCCN1Cc1nnnn1-c1ccccc1. The molecular formula is C19H28N6O2. The van der Waals surface area contributed by atoms with Crippen LogP contribution in [0.4, 0.5) is 4.79 Å². The van der Waals surface area contributed by atoms with Gasteiger partial charge in [-0.15, -0.1) is 5.10 Å². The van der Waals surface area contributed by atoms with Crippen molar-refractivity contribution in [3.05, 3.63) is 36.2 Å². The lowest BCUT2D eigenvalue weighted by Crippen LogP contribution is -2.47. The molecule has 3 rings (SSSR count). The lowest BCUT2D eigenvalue weighted by atomic mass is 10.0. The Balaban J connectivity index is 1.63. The fourth-order valence-electron chi connectivity index (χ4n) is 3.27. The van der Waals surface area contributed by atoms with E-state index in [1.165, 1.54) is 0 Å². The Bertz CT molecular complexity index is 740. The van der Waals surface area contributed by atoms with Crippen LogP contribution in [0.5, 0.6) is 0 Å². The van der Waals surface area contributed by atoms with Crippen LogP contribution in [0.25, 0.3) is 5.69 Å². The molecule has 0 aliphatic carbocycles. The van der Waals surface area contributed by atoms with Crippen LogP contribution in [0.1, 0.15) is 45.9 Å². The molecule has 27 heavy (non-hydrogen) atoms. The number of ether oxygens (including phenoxy) is 1. The molecule has 2 heterocycles. The zero-order chi connectivity index (χ0) is 19.3. The summed E-state index contributed by atoms with van der Waals surface area (Å²) >= 11 is 0. The summed E-state index contributed by atoms with van der Waals surface area (Å²) < 4.78 is 7.11. The van der Waals surface area contributed by atoms with E-state index in [2.05, 4.69) is 25.7 Å². The Kier molecular flexibility index (Phi) is 6.05. The number of piperidine rings is 1. The van der Waals surface area contributed by atoms with E-state index in [0.29, 0.717) is 13.1 Å². The highest BCUT2D eigenvalue weighted by atomic mass is 16.6. The molecule has 0 saturated carbocycles. The fourth-order valence-corrected chi connectivity index (χ4v) is 3.27. The third kappa shape index (κ3) is 5.50. The third-order valence-corrected chi connectivity index (χ3v) is 4.51. The number of tetrazole rings is 1. The predicted molar refractivity (Wildman–Crippen MR) is 101 cm³/mol. The summed E-state index contributed by atoms with van der Waals surface area (Å²) in [5.74, 6) is 0.797. The van der Waals surface area contributed by atoms with E-state index >= 15 is 0 Å². The molecule has 2 aromatic rings. The standard InChI is InChI=1S/C19H28N6O2/c1-19(2,3)27-18(26)20-13-16-11-7-8-12-24(16)14-17-21-22-23-25(17)15-9-5-4-6-10-15/h4-6,9-10,16H,7-8,11-14H2,1-3H3,(H,20,26). The van der Waals surface area contributed by atoms with Crippen LogP contribution in [0, 0.1) is 0 Å². The smallest absolute Gasteiger partial charge is 0.407 e. The van der Waals surface area contributed by atoms with Crippen molar-refractivity contribution in [2.24, 2.45) is 0 Å². The molecule has 0 radical (unpaired) electrons. The maximum absolute atomic E-state index is 12.0. The average Bonchev–Trinajstić information content (AvgIpc) is 3.08. The van der Waals surface area contributed by atoms with Gasteiger partial charge >= 0.3 is 6.09 Å². The summed E-state index contributed by atoms with van der Waals surface area (Å²) in [5, 5.41) is 15.1. The zero-order valence-electron chi connectivity index (χ0n) is 16.3. The van der Waals surface area contributed by atoms with E-state index in [-0.39, 0.29) is 12.1 Å². The van der Waals surface area contributed by atoms with E-state index in [9.17, 15) is 4.79 Å². The maximum atomic E-state index is 12.0. The topological polar surface area (TPSA) is 85.2 Å². The number of alkyl carbamates (subject to hydrolysis) is 1. The number of hydrogen-bond donors (Lipinski definition) is 1. The molecule has 1 unspecified atom stereocenters. The fraction of sp³-hybridized carbons (Fsp3) is 0.579. The second kappa shape index (κ2) is 8.47. The highest BCUT2D eigenvalue weighted by Crippen LogP contribution is 2.19. The first-order valence-electron chi connectivity index (χ1n) is 9.46. The zero-order valence-corrected chi connectivity index (χ0v) is 16.3. The number of rotatable bonds is 5. The second-order valence-electron chi connectivity index (χ2n) is 7.85. The number of para-hydroxylation sites is 1. The van der Waals surface area contributed by atoms with E-state index < -0.39 is 5.60 Å². The molecule has 1 aliphatic rings. The molecule has 1 N–H and O–H groups in total. The Hall–Kier alpha value is -2.48. The Morgan fingerprint density at radius 1 is 1.26 bits per heavy atom. The van der Waals surface area contributed by atoms with E-state index in [4.69, 9.17) is 4.74 Å². The van der Waals surface area contributed by atoms with E-state index in [0.717, 1.165) is 37.3 Å². The summed E-state index contributed by atoms with van der Waals surface area (Å²) in [4.78, 5) is 14.3. The van der Waals surface area contributed by atoms with Gasteiger partial charge in [0, 0.05) is 12.6 Å². The molecule has 1 saturated heterocycles. The number of likely N-dealkylation sites (tertiary alicyclic amines) is 1. The number of nitrogens with zero attached hydrogens (tertiary/aromatic N) is 5. The van der Waals surface area contributed by atoms with Gasteiger partial charge in [0.15, 0.2) is 5.82 Å². The van der Waals surface area contributed by atoms with Crippen molar-refractivity contribution >= 4 is 6.09 Å². The minimum Gasteiger partial charge on any atom is -0.444 e. The van der Waals surface area contributed by atoms with Crippen molar-refractivity contribution in [1.29, 1.82) is 0 Å². The van der Waals surface area contributed by atoms with Crippen molar-refractivity contribution in [1.82, 2.24) is 30.4 Å². The average molecular weight is 372 g/mol. The lowest BCUT2D eigenvalue weighted by Gasteiger charge is -2.35. The monoisotopic (exact) mass is 372 g/mol. The molecule has 0 bridgehead atoms. The molecule has 1 aromatic carbocycles. The lowest BCUT2D eigenvalue weighted by molar-refractivity contribution is 0.0490. The van der Waals surface area contributed by atoms with E-state index in [1.54, 1.807) is 4.68 Å². The molecule has 146 valence electrons. The Labute approximate surface area is 159 Å². The van der Waals surface area contributed by atoms with Crippen LogP contribution >= 0.6 is 0 Å². The van der Waals surface area contributed by atoms with Crippen LogP contribution in [0.3, 0.4) is 0 Å². The van der Waals surface area contributed by atoms with Crippen molar-refractivity contribution in [3.8, 4) is 5.69 Å². The van der Waals surface area contributed by atoms with Gasteiger partial charge in [-0.1, -0.05) is 24.6 Å². The van der Waals surface area contributed by atoms with Gasteiger partial charge in [0.25, 0.3) is 0 Å². The highest BCUT2D eigenvalue weighted by Gasteiger charge is 2.26. The van der Waals surface area contributed by atoms with Crippen LogP contribution in [-0.4, -0.2) is 55.9 Å². The second-order valence-corrected chi connectivity index (χ2v) is 7.85. The normalized spacial score (nSPS) is 18.3. The van der Waals surface area contributed by atoms with Gasteiger partial charge in [-0.3, -0.25) is 4.90 Å². The summed E-state index contributed by atoms with van der Waals surface area (Å²) in [6, 6.07) is 10.1. The minimum atomic E-state index is -0.492. The maximum Gasteiger partial charge on any atom is 0.407 e. The number of amides is 1. The van der Waals surface area contributed by atoms with Gasteiger partial charge in [0.1, 0.15) is 5.60 Å². The Morgan fingerprint density at radius 3 is 2.78 bits per heavy atom. The van der Waals surface area contributed by atoms with Crippen LogP contribution in [0.2, 0.25) is 0 Å². The molecule has 1 aliphatic heterocycles. The van der Waals surface area contributed by atoms with Gasteiger partial charge < -0.3 is 10.1 Å². The first-order valence-corrected chi connectivity index (χ1v) is 9.46. The van der Waals surface area contributed by atoms with Crippen LogP contribution < -0.4 is 5.32 Å². The van der Waals surface area contributed by atoms with E-state index in [1.807, 2.05) is 51.1 Å². The van der Waals surface area contributed by atoms with Crippen molar-refractivity contribution in [2.45, 2.75) is 58.2 Å². The first-order chi connectivity index (χ1) is 12.9. The molecule has 8 heteroatoms. The summed E-state index contributed by atoms with van der Waals surface area (Å²) in [6.07, 6.45) is 2.95. The Morgan fingerprint density at radius 2 is 2.04 bits per heavy atom. The van der Waals surface area contributed by atoms with Crippen LogP contribution in [0.15, 0.2) is 30.3 Å². The van der Waals surface area contributed by atoms with Gasteiger partial charge in [-0.25, -0.2) is 4.79 Å². The van der Waals surface area contributed by atoms with Crippen molar-refractivity contribution in [3.63, 3.8) is 0 Å². The number of benzene rings is 1. The molecule has 8 nitrogen and oxygen atoms in total. The van der Waals surface area contributed by atoms with Gasteiger partial charge in [0.2, 0.25) is 0 Å². The van der Waals surface area contributed by atoms with Gasteiger partial charge in [0.05, 0.1) is 12.2 Å². The number of carbonyl (C=O) groups excluding carboxylic acids is 1. The molecule has 1 atom stereocenters. The van der Waals surface area contributed by atoms with Crippen LogP contribution in [-0.2, 0) is 11.3 Å². The highest BCUT2D eigenvalue weighted by molar-refractivity contribution is 5.67. The molecule has 1 fully saturated rings. The number of hydrogen-bond acceptors (Lipinski definition) is 6. The molecular weight excluding hydrogens is 344 g/mol. The predicted octanol–water partition coefficient (Wildman–Crippen LogP) is 2.54. The first kappa shape index (κ1) is 19.3. The molecule has 0 spiro atoms. The summed E-state index contributed by atoms with van der Waals surface area (Å²) in [6.45, 7) is 7.75. The number of nitrogens with one attached hydrogen (secondary N) is 1. The van der Waals surface area contributed by atoms with Crippen molar-refractivity contribution < 1.29 is 9.53 Å². The minimum absolute atomic E-state index is 0.243. The van der Waals surface area contributed by atoms with Gasteiger partial charge in [-0.05, 0) is 62.7 Å². The summed E-state index contributed by atoms with van der Waals surface area (Å²) in [7, 11) is 0. The summed E-state index contributed by atoms with van der Waals surface area (Å²) in [5.41, 5.74) is 0.451. The number of carbonyl (C=O) groups is 1. The largest absolute Gasteiger partial charge is 0.444 e. The number of aromatic nitrogens is 4. The third-order valence-electron chi connectivity index (χ3n) is 4.51. The molecule has 1 aromatic heterocycles. The molecule has 1 amide bonds. The van der Waals surface area contributed by atoms with Crippen molar-refractivity contribution in [2.75, 3.05) is 13.1 Å². The quantitative estimate of drug-likeness (QED) is 0.868.